The van der Waals surface area contributed by atoms with Gasteiger partial charge in [0.25, 0.3) is 0 Å². The number of carbonyl (C=O) groups is 1. The maximum Gasteiger partial charge on any atom is 0.335 e. The van der Waals surface area contributed by atoms with Gasteiger partial charge in [0.05, 0.1) is 17.5 Å². The summed E-state index contributed by atoms with van der Waals surface area (Å²) in [6.45, 7) is 1.88. The van der Waals surface area contributed by atoms with Crippen LogP contribution in [-0.4, -0.2) is 31.0 Å². The summed E-state index contributed by atoms with van der Waals surface area (Å²) in [4.78, 5) is 27.8. The van der Waals surface area contributed by atoms with E-state index in [1.807, 2.05) is 6.92 Å². The molecule has 0 bridgehead atoms. The normalized spacial score (nSPS) is 10.3. The third-order valence-corrected chi connectivity index (χ3v) is 3.21. The molecule has 0 amide bonds. The van der Waals surface area contributed by atoms with Crippen LogP contribution in [0.15, 0.2) is 49.1 Å². The number of aromatic nitrogens is 4. The summed E-state index contributed by atoms with van der Waals surface area (Å²) in [6, 6.07) is 6.57. The highest BCUT2D eigenvalue weighted by Crippen LogP contribution is 2.21. The van der Waals surface area contributed by atoms with Gasteiger partial charge in [-0.25, -0.2) is 14.8 Å². The number of aryl methyl sites for hydroxylation is 1. The Morgan fingerprint density at radius 2 is 1.96 bits per heavy atom. The van der Waals surface area contributed by atoms with Gasteiger partial charge in [0.15, 0.2) is 0 Å². The molecule has 0 saturated carbocycles. The molecule has 1 aromatic carbocycles. The Labute approximate surface area is 132 Å². The molecule has 0 spiro atoms. The number of nitrogens with one attached hydrogen (secondary N) is 1. The molecule has 23 heavy (non-hydrogen) atoms. The molecule has 0 aliphatic heterocycles. The highest BCUT2D eigenvalue weighted by molar-refractivity contribution is 5.89. The van der Waals surface area contributed by atoms with Crippen LogP contribution in [0.2, 0.25) is 0 Å². The number of anilines is 2. The van der Waals surface area contributed by atoms with Crippen molar-refractivity contribution in [1.82, 2.24) is 19.9 Å². The Morgan fingerprint density at radius 1 is 1.09 bits per heavy atom. The molecule has 2 heterocycles. The first-order valence-corrected chi connectivity index (χ1v) is 6.84. The van der Waals surface area contributed by atoms with Crippen LogP contribution in [-0.2, 0) is 0 Å². The van der Waals surface area contributed by atoms with E-state index in [9.17, 15) is 4.79 Å². The van der Waals surface area contributed by atoms with Crippen molar-refractivity contribution in [2.45, 2.75) is 6.92 Å². The fourth-order valence-electron chi connectivity index (χ4n) is 2.00. The zero-order valence-electron chi connectivity index (χ0n) is 12.3. The number of rotatable bonds is 4. The van der Waals surface area contributed by atoms with E-state index in [1.165, 1.54) is 0 Å². The van der Waals surface area contributed by atoms with Crippen LogP contribution in [0.5, 0.6) is 0 Å². The van der Waals surface area contributed by atoms with Crippen LogP contribution in [0.3, 0.4) is 0 Å². The quantitative estimate of drug-likeness (QED) is 0.764. The smallest absolute Gasteiger partial charge is 0.335 e. The SMILES string of the molecule is Cc1ccc(C(=O)O)cc1Nc1nccc(-c2cnccn2)n1. The van der Waals surface area contributed by atoms with Crippen molar-refractivity contribution in [3.05, 3.63) is 60.2 Å². The maximum absolute atomic E-state index is 11.1. The second-order valence-corrected chi connectivity index (χ2v) is 4.82. The van der Waals surface area contributed by atoms with Crippen LogP contribution >= 0.6 is 0 Å². The molecule has 2 aromatic heterocycles. The van der Waals surface area contributed by atoms with Crippen LogP contribution in [0.25, 0.3) is 11.4 Å². The zero-order valence-corrected chi connectivity index (χ0v) is 12.3. The van der Waals surface area contributed by atoms with Crippen LogP contribution in [0.4, 0.5) is 11.6 Å². The fraction of sp³-hybridized carbons (Fsp3) is 0.0625. The molecule has 3 rings (SSSR count). The average Bonchev–Trinajstić information content (AvgIpc) is 2.58. The van der Waals surface area contributed by atoms with Crippen molar-refractivity contribution in [2.24, 2.45) is 0 Å². The summed E-state index contributed by atoms with van der Waals surface area (Å²) >= 11 is 0. The first kappa shape index (κ1) is 14.6. The van der Waals surface area contributed by atoms with E-state index in [0.717, 1.165) is 5.56 Å². The lowest BCUT2D eigenvalue weighted by molar-refractivity contribution is 0.0697. The van der Waals surface area contributed by atoms with Crippen molar-refractivity contribution in [3.63, 3.8) is 0 Å². The highest BCUT2D eigenvalue weighted by atomic mass is 16.4. The Hall–Kier alpha value is -3.35. The van der Waals surface area contributed by atoms with Gasteiger partial charge in [0, 0.05) is 24.3 Å². The third-order valence-electron chi connectivity index (χ3n) is 3.21. The van der Waals surface area contributed by atoms with Gasteiger partial charge in [-0.3, -0.25) is 9.97 Å². The molecule has 0 aliphatic carbocycles. The Kier molecular flexibility index (Phi) is 3.92. The average molecular weight is 307 g/mol. The van der Waals surface area contributed by atoms with E-state index in [4.69, 9.17) is 5.11 Å². The summed E-state index contributed by atoms with van der Waals surface area (Å²) in [5.41, 5.74) is 2.99. The molecule has 0 atom stereocenters. The zero-order chi connectivity index (χ0) is 16.2. The summed E-state index contributed by atoms with van der Waals surface area (Å²) < 4.78 is 0. The number of carboxylic acids is 1. The number of aromatic carboxylic acids is 1. The first-order chi connectivity index (χ1) is 11.1. The molecule has 0 aliphatic rings. The molecule has 0 unspecified atom stereocenters. The third kappa shape index (κ3) is 3.29. The molecule has 2 N–H and O–H groups in total. The standard InChI is InChI=1S/C16H13N5O2/c1-10-2-3-11(15(22)23)8-13(10)21-16-19-5-4-12(20-16)14-9-17-6-7-18-14/h2-9H,1H3,(H,22,23)(H,19,20,21). The van der Waals surface area contributed by atoms with Crippen LogP contribution < -0.4 is 5.32 Å². The van der Waals surface area contributed by atoms with E-state index in [2.05, 4.69) is 25.3 Å². The Bertz CT molecular complexity index is 852. The summed E-state index contributed by atoms with van der Waals surface area (Å²) in [6.07, 6.45) is 6.40. The fourth-order valence-corrected chi connectivity index (χ4v) is 2.00. The maximum atomic E-state index is 11.1. The van der Waals surface area contributed by atoms with Crippen molar-refractivity contribution in [2.75, 3.05) is 5.32 Å². The second-order valence-electron chi connectivity index (χ2n) is 4.82. The van der Waals surface area contributed by atoms with E-state index in [0.29, 0.717) is 23.0 Å². The topological polar surface area (TPSA) is 101 Å². The van der Waals surface area contributed by atoms with E-state index in [1.54, 1.807) is 49.1 Å². The van der Waals surface area contributed by atoms with Crippen LogP contribution in [0, 0.1) is 6.92 Å². The Balaban J connectivity index is 1.92. The van der Waals surface area contributed by atoms with E-state index >= 15 is 0 Å². The summed E-state index contributed by atoms with van der Waals surface area (Å²) in [7, 11) is 0. The molecule has 0 fully saturated rings. The minimum absolute atomic E-state index is 0.197. The predicted octanol–water partition coefficient (Wildman–Crippen LogP) is 2.68. The van der Waals surface area contributed by atoms with Crippen molar-refractivity contribution < 1.29 is 9.90 Å². The van der Waals surface area contributed by atoms with Crippen molar-refractivity contribution >= 4 is 17.6 Å². The lowest BCUT2D eigenvalue weighted by Crippen LogP contribution is -2.02. The minimum atomic E-state index is -0.984. The first-order valence-electron chi connectivity index (χ1n) is 6.84. The largest absolute Gasteiger partial charge is 0.478 e. The molecule has 7 nitrogen and oxygen atoms in total. The van der Waals surface area contributed by atoms with Gasteiger partial charge < -0.3 is 10.4 Å². The van der Waals surface area contributed by atoms with E-state index in [-0.39, 0.29) is 5.56 Å². The van der Waals surface area contributed by atoms with E-state index < -0.39 is 5.97 Å². The summed E-state index contributed by atoms with van der Waals surface area (Å²) in [5, 5.41) is 12.1. The number of hydrogen-bond donors (Lipinski definition) is 2. The molecule has 0 saturated heterocycles. The molecule has 0 radical (unpaired) electrons. The van der Waals surface area contributed by atoms with Gasteiger partial charge in [0.1, 0.15) is 5.69 Å². The number of benzene rings is 1. The van der Waals surface area contributed by atoms with Crippen LogP contribution in [0.1, 0.15) is 15.9 Å². The Morgan fingerprint density at radius 3 is 2.70 bits per heavy atom. The molecular formula is C16H13N5O2. The molecule has 114 valence electrons. The van der Waals surface area contributed by atoms with Crippen molar-refractivity contribution in [3.8, 4) is 11.4 Å². The van der Waals surface area contributed by atoms with Gasteiger partial charge >= 0.3 is 5.97 Å². The van der Waals surface area contributed by atoms with Gasteiger partial charge in [0.2, 0.25) is 5.95 Å². The number of hydrogen-bond acceptors (Lipinski definition) is 6. The van der Waals surface area contributed by atoms with Gasteiger partial charge in [-0.1, -0.05) is 6.07 Å². The monoisotopic (exact) mass is 307 g/mol. The van der Waals surface area contributed by atoms with Gasteiger partial charge in [-0.15, -0.1) is 0 Å². The lowest BCUT2D eigenvalue weighted by Gasteiger charge is -2.09. The van der Waals surface area contributed by atoms with Gasteiger partial charge in [-0.05, 0) is 30.7 Å². The highest BCUT2D eigenvalue weighted by Gasteiger charge is 2.08. The molecule has 3 aromatic rings. The number of nitrogens with zero attached hydrogens (tertiary/aromatic N) is 4. The predicted molar refractivity (Wildman–Crippen MR) is 84.5 cm³/mol. The molecule has 7 heteroatoms. The van der Waals surface area contributed by atoms with Crippen molar-refractivity contribution in [1.29, 1.82) is 0 Å². The second kappa shape index (κ2) is 6.18. The minimum Gasteiger partial charge on any atom is -0.478 e. The lowest BCUT2D eigenvalue weighted by atomic mass is 10.1. The number of carboxylic acid groups (broad SMARTS) is 1. The van der Waals surface area contributed by atoms with Gasteiger partial charge in [-0.2, -0.15) is 0 Å². The molecular weight excluding hydrogens is 294 g/mol. The summed E-state index contributed by atoms with van der Waals surface area (Å²) in [5.74, 6) is -0.624.